The summed E-state index contributed by atoms with van der Waals surface area (Å²) < 4.78 is 16.2. The monoisotopic (exact) mass is 370 g/mol. The Morgan fingerprint density at radius 1 is 1.22 bits per heavy atom. The van der Waals surface area contributed by atoms with Gasteiger partial charge in [-0.2, -0.15) is 0 Å². The molecule has 0 spiro atoms. The van der Waals surface area contributed by atoms with E-state index in [0.29, 0.717) is 30.2 Å². The van der Waals surface area contributed by atoms with Gasteiger partial charge in [0.25, 0.3) is 11.8 Å². The highest BCUT2D eigenvalue weighted by Gasteiger charge is 2.22. The van der Waals surface area contributed by atoms with Crippen molar-refractivity contribution in [2.45, 2.75) is 12.3 Å². The molecule has 27 heavy (non-hydrogen) atoms. The summed E-state index contributed by atoms with van der Waals surface area (Å²) in [5.74, 6) is 1.00. The number of nitrogens with two attached hydrogens (primary N) is 1. The molecule has 2 amide bonds. The zero-order chi connectivity index (χ0) is 19.2. The number of carbonyl (C=O) groups is 2. The molecule has 1 aliphatic rings. The molecule has 1 unspecified atom stereocenters. The molecular weight excluding hydrogens is 348 g/mol. The lowest BCUT2D eigenvalue weighted by Crippen LogP contribution is -2.30. The maximum Gasteiger partial charge on any atom is 0.255 e. The van der Waals surface area contributed by atoms with Gasteiger partial charge >= 0.3 is 0 Å². The van der Waals surface area contributed by atoms with Crippen LogP contribution in [0.2, 0.25) is 0 Å². The van der Waals surface area contributed by atoms with E-state index >= 15 is 0 Å². The molecule has 0 aromatic heterocycles. The molecule has 7 heteroatoms. The van der Waals surface area contributed by atoms with Crippen LogP contribution < -0.4 is 25.3 Å². The van der Waals surface area contributed by atoms with E-state index < -0.39 is 5.91 Å². The molecule has 1 atom stereocenters. The van der Waals surface area contributed by atoms with Gasteiger partial charge in [0.05, 0.1) is 13.7 Å². The molecule has 0 saturated carbocycles. The smallest absolute Gasteiger partial charge is 0.255 e. The van der Waals surface area contributed by atoms with Crippen LogP contribution in [0.5, 0.6) is 17.2 Å². The summed E-state index contributed by atoms with van der Waals surface area (Å²) in [7, 11) is 1.47. The fourth-order valence-electron chi connectivity index (χ4n) is 3.02. The second-order valence-electron chi connectivity index (χ2n) is 6.20. The number of nitrogens with one attached hydrogen (secondary N) is 1. The number of hydrogen-bond acceptors (Lipinski definition) is 5. The van der Waals surface area contributed by atoms with Crippen molar-refractivity contribution in [2.75, 3.05) is 26.9 Å². The number of carbonyl (C=O) groups excluding carboxylic acids is 2. The van der Waals surface area contributed by atoms with Crippen LogP contribution in [-0.4, -0.2) is 38.7 Å². The predicted molar refractivity (Wildman–Crippen MR) is 99.3 cm³/mol. The second kappa shape index (κ2) is 8.44. The quantitative estimate of drug-likeness (QED) is 0.775. The standard InChI is InChI=1S/C20H22N2O5/c1-25-18-10-13(6-7-17(18)27-12-19(21)23)20(24)22-11-14-8-9-26-16-5-3-2-4-15(14)16/h2-7,10,14H,8-9,11-12H2,1H3,(H2,21,23)(H,22,24). The SMILES string of the molecule is COc1cc(C(=O)NCC2CCOc3ccccc32)ccc1OCC(N)=O. The van der Waals surface area contributed by atoms with Crippen molar-refractivity contribution in [1.29, 1.82) is 0 Å². The lowest BCUT2D eigenvalue weighted by Gasteiger charge is -2.26. The Bertz CT molecular complexity index is 837. The molecule has 142 valence electrons. The fourth-order valence-corrected chi connectivity index (χ4v) is 3.02. The summed E-state index contributed by atoms with van der Waals surface area (Å²) in [6.07, 6.45) is 0.848. The number of para-hydroxylation sites is 1. The number of primary amides is 1. The first-order valence-electron chi connectivity index (χ1n) is 8.67. The first kappa shape index (κ1) is 18.6. The summed E-state index contributed by atoms with van der Waals surface area (Å²) in [6.45, 7) is 0.893. The molecule has 1 heterocycles. The van der Waals surface area contributed by atoms with Crippen LogP contribution in [0.3, 0.4) is 0 Å². The number of methoxy groups -OCH3 is 1. The van der Waals surface area contributed by atoms with Crippen LogP contribution in [0.1, 0.15) is 28.3 Å². The van der Waals surface area contributed by atoms with E-state index in [9.17, 15) is 9.59 Å². The Balaban J connectivity index is 1.65. The molecule has 0 bridgehead atoms. The predicted octanol–water partition coefficient (Wildman–Crippen LogP) is 1.86. The van der Waals surface area contributed by atoms with Crippen molar-refractivity contribution >= 4 is 11.8 Å². The van der Waals surface area contributed by atoms with E-state index in [1.807, 2.05) is 24.3 Å². The van der Waals surface area contributed by atoms with Gasteiger partial charge in [-0.3, -0.25) is 9.59 Å². The number of rotatable bonds is 7. The summed E-state index contributed by atoms with van der Waals surface area (Å²) in [4.78, 5) is 23.4. The zero-order valence-corrected chi connectivity index (χ0v) is 15.1. The van der Waals surface area contributed by atoms with E-state index in [4.69, 9.17) is 19.9 Å². The van der Waals surface area contributed by atoms with E-state index in [2.05, 4.69) is 5.32 Å². The number of benzene rings is 2. The highest BCUT2D eigenvalue weighted by atomic mass is 16.5. The maximum atomic E-state index is 12.5. The zero-order valence-electron chi connectivity index (χ0n) is 15.1. The van der Waals surface area contributed by atoms with Crippen LogP contribution in [-0.2, 0) is 4.79 Å². The number of fused-ring (bicyclic) bond motifs is 1. The summed E-state index contributed by atoms with van der Waals surface area (Å²) >= 11 is 0. The molecular formula is C20H22N2O5. The highest BCUT2D eigenvalue weighted by Crippen LogP contribution is 2.33. The van der Waals surface area contributed by atoms with Gasteiger partial charge in [-0.05, 0) is 36.2 Å². The van der Waals surface area contributed by atoms with Gasteiger partial charge in [0.15, 0.2) is 18.1 Å². The molecule has 0 radical (unpaired) electrons. The first-order valence-corrected chi connectivity index (χ1v) is 8.67. The molecule has 1 aliphatic heterocycles. The summed E-state index contributed by atoms with van der Waals surface area (Å²) in [6, 6.07) is 12.7. The average molecular weight is 370 g/mol. The van der Waals surface area contributed by atoms with Gasteiger partial charge in [0, 0.05) is 18.0 Å². The molecule has 2 aromatic rings. The fraction of sp³-hybridized carbons (Fsp3) is 0.300. The van der Waals surface area contributed by atoms with Crippen molar-refractivity contribution in [2.24, 2.45) is 5.73 Å². The van der Waals surface area contributed by atoms with Crippen LogP contribution in [0.4, 0.5) is 0 Å². The van der Waals surface area contributed by atoms with Crippen molar-refractivity contribution in [3.05, 3.63) is 53.6 Å². The summed E-state index contributed by atoms with van der Waals surface area (Å²) in [5.41, 5.74) is 6.63. The number of hydrogen-bond donors (Lipinski definition) is 2. The second-order valence-corrected chi connectivity index (χ2v) is 6.20. The van der Waals surface area contributed by atoms with Gasteiger partial charge in [0.2, 0.25) is 0 Å². The van der Waals surface area contributed by atoms with Gasteiger partial charge < -0.3 is 25.3 Å². The van der Waals surface area contributed by atoms with Crippen LogP contribution >= 0.6 is 0 Å². The third kappa shape index (κ3) is 4.49. The van der Waals surface area contributed by atoms with Gasteiger partial charge in [0.1, 0.15) is 5.75 Å². The minimum absolute atomic E-state index is 0.207. The average Bonchev–Trinajstić information content (AvgIpc) is 2.70. The van der Waals surface area contributed by atoms with Crippen LogP contribution in [0.15, 0.2) is 42.5 Å². The molecule has 3 N–H and O–H groups in total. The van der Waals surface area contributed by atoms with Crippen molar-refractivity contribution in [3.63, 3.8) is 0 Å². The Labute approximate surface area is 157 Å². The topological polar surface area (TPSA) is 99.9 Å². The third-order valence-electron chi connectivity index (χ3n) is 4.39. The Morgan fingerprint density at radius 2 is 2.04 bits per heavy atom. The van der Waals surface area contributed by atoms with Crippen LogP contribution in [0, 0.1) is 0 Å². The van der Waals surface area contributed by atoms with Crippen molar-refractivity contribution < 1.29 is 23.8 Å². The van der Waals surface area contributed by atoms with E-state index in [1.165, 1.54) is 7.11 Å². The largest absolute Gasteiger partial charge is 0.493 e. The summed E-state index contributed by atoms with van der Waals surface area (Å²) in [5, 5.41) is 2.97. The Hall–Kier alpha value is -3.22. The molecule has 0 aliphatic carbocycles. The number of amides is 2. The minimum Gasteiger partial charge on any atom is -0.493 e. The molecule has 0 saturated heterocycles. The maximum absolute atomic E-state index is 12.5. The highest BCUT2D eigenvalue weighted by molar-refractivity contribution is 5.95. The molecule has 7 nitrogen and oxygen atoms in total. The minimum atomic E-state index is -0.587. The normalized spacial score (nSPS) is 15.2. The molecule has 0 fully saturated rings. The lowest BCUT2D eigenvalue weighted by molar-refractivity contribution is -0.119. The molecule has 3 rings (SSSR count). The van der Waals surface area contributed by atoms with Gasteiger partial charge in [-0.15, -0.1) is 0 Å². The van der Waals surface area contributed by atoms with Crippen molar-refractivity contribution in [3.8, 4) is 17.2 Å². The Morgan fingerprint density at radius 3 is 2.81 bits per heavy atom. The first-order chi connectivity index (χ1) is 13.1. The van der Waals surface area contributed by atoms with Crippen molar-refractivity contribution in [1.82, 2.24) is 5.32 Å². The number of ether oxygens (including phenoxy) is 3. The Kier molecular flexibility index (Phi) is 5.80. The van der Waals surface area contributed by atoms with Crippen LogP contribution in [0.25, 0.3) is 0 Å². The molecule has 2 aromatic carbocycles. The van der Waals surface area contributed by atoms with E-state index in [-0.39, 0.29) is 18.4 Å². The van der Waals surface area contributed by atoms with E-state index in [0.717, 1.165) is 17.7 Å². The third-order valence-corrected chi connectivity index (χ3v) is 4.39. The lowest BCUT2D eigenvalue weighted by atomic mass is 9.93. The van der Waals surface area contributed by atoms with Gasteiger partial charge in [-0.1, -0.05) is 18.2 Å². The van der Waals surface area contributed by atoms with Gasteiger partial charge in [-0.25, -0.2) is 0 Å². The van der Waals surface area contributed by atoms with E-state index in [1.54, 1.807) is 18.2 Å².